The van der Waals surface area contributed by atoms with Crippen LogP contribution < -0.4 is 11.0 Å². The molecule has 0 aliphatic heterocycles. The monoisotopic (exact) mass is 349 g/mol. The molecule has 0 saturated carbocycles. The van der Waals surface area contributed by atoms with Gasteiger partial charge in [0, 0.05) is 18.7 Å². The number of hydrogen-bond donors (Lipinski definition) is 4. The zero-order valence-corrected chi connectivity index (χ0v) is 14.7. The number of aromatic nitrogens is 2. The van der Waals surface area contributed by atoms with Crippen LogP contribution in [-0.2, 0) is 11.2 Å². The number of H-pyrrole nitrogens is 1. The Bertz CT molecular complexity index is 737. The molecular weight excluding hydrogens is 326 g/mol. The number of rotatable bonds is 7. The molecule has 1 aromatic heterocycles. The van der Waals surface area contributed by atoms with Crippen LogP contribution in [0.1, 0.15) is 31.1 Å². The van der Waals surface area contributed by atoms with E-state index in [9.17, 15) is 14.7 Å². The van der Waals surface area contributed by atoms with Crippen molar-refractivity contribution in [1.29, 1.82) is 0 Å². The molecule has 24 heavy (non-hydrogen) atoms. The second-order valence-electron chi connectivity index (χ2n) is 5.97. The average molecular weight is 349 g/mol. The molecule has 7 heteroatoms. The molecule has 0 bridgehead atoms. The van der Waals surface area contributed by atoms with Crippen LogP contribution in [0.25, 0.3) is 0 Å². The Morgan fingerprint density at radius 3 is 2.58 bits per heavy atom. The van der Waals surface area contributed by atoms with Crippen molar-refractivity contribution in [2.45, 2.75) is 26.3 Å². The molecule has 2 aromatic rings. The quantitative estimate of drug-likeness (QED) is 0.574. The summed E-state index contributed by atoms with van der Waals surface area (Å²) in [4.78, 5) is 27.4. The molecular formula is C17H23N3O3S. The Hall–Kier alpha value is -2.15. The Morgan fingerprint density at radius 2 is 2.00 bits per heavy atom. The van der Waals surface area contributed by atoms with Gasteiger partial charge in [0.1, 0.15) is 6.04 Å². The minimum absolute atomic E-state index is 0.158. The molecule has 1 atom stereocenters. The van der Waals surface area contributed by atoms with Gasteiger partial charge in [0.15, 0.2) is 0 Å². The Balaban J connectivity index is 2.35. The number of aromatic amines is 1. The van der Waals surface area contributed by atoms with E-state index in [0.29, 0.717) is 24.4 Å². The number of nitrogens with one attached hydrogen (secondary N) is 2. The van der Waals surface area contributed by atoms with Gasteiger partial charge < -0.3 is 15.4 Å². The summed E-state index contributed by atoms with van der Waals surface area (Å²) < 4.78 is 1.14. The van der Waals surface area contributed by atoms with Crippen LogP contribution >= 0.6 is 12.6 Å². The summed E-state index contributed by atoms with van der Waals surface area (Å²) in [5.74, 6) is -0.150. The number of nitrogens with zero attached hydrogens (tertiary/aromatic N) is 1. The van der Waals surface area contributed by atoms with Crippen molar-refractivity contribution in [3.63, 3.8) is 0 Å². The van der Waals surface area contributed by atoms with Gasteiger partial charge in [-0.1, -0.05) is 44.2 Å². The number of thiol groups is 1. The van der Waals surface area contributed by atoms with E-state index in [4.69, 9.17) is 0 Å². The van der Waals surface area contributed by atoms with E-state index in [0.717, 1.165) is 10.1 Å². The second-order valence-corrected chi connectivity index (χ2v) is 6.42. The number of hydrogen-bond acceptors (Lipinski definition) is 4. The molecule has 0 radical (unpaired) electrons. The third kappa shape index (κ3) is 4.03. The molecule has 0 saturated heterocycles. The fourth-order valence-electron chi connectivity index (χ4n) is 2.67. The summed E-state index contributed by atoms with van der Waals surface area (Å²) in [6, 6.07) is 8.73. The minimum atomic E-state index is -0.779. The van der Waals surface area contributed by atoms with E-state index in [1.807, 2.05) is 44.2 Å². The van der Waals surface area contributed by atoms with Crippen molar-refractivity contribution in [2.75, 3.05) is 12.3 Å². The largest absolute Gasteiger partial charge is 0.493 e. The molecule has 0 aliphatic rings. The lowest BCUT2D eigenvalue weighted by atomic mass is 10.0. The molecule has 0 fully saturated rings. The van der Waals surface area contributed by atoms with Crippen LogP contribution in [0, 0.1) is 5.92 Å². The molecule has 1 heterocycles. The van der Waals surface area contributed by atoms with Gasteiger partial charge in [0.2, 0.25) is 11.8 Å². The van der Waals surface area contributed by atoms with Crippen molar-refractivity contribution in [2.24, 2.45) is 5.92 Å². The first-order valence-electron chi connectivity index (χ1n) is 7.90. The number of aromatic hydroxyl groups is 1. The summed E-state index contributed by atoms with van der Waals surface area (Å²) in [5.41, 5.74) is 0.874. The van der Waals surface area contributed by atoms with E-state index >= 15 is 0 Å². The summed E-state index contributed by atoms with van der Waals surface area (Å²) in [7, 11) is 0. The van der Waals surface area contributed by atoms with Crippen LogP contribution in [0.2, 0.25) is 0 Å². The first kappa shape index (κ1) is 18.2. The van der Waals surface area contributed by atoms with Crippen LogP contribution in [0.5, 0.6) is 5.88 Å². The van der Waals surface area contributed by atoms with Crippen LogP contribution in [0.3, 0.4) is 0 Å². The second kappa shape index (κ2) is 8.10. The molecule has 6 nitrogen and oxygen atoms in total. The van der Waals surface area contributed by atoms with Gasteiger partial charge in [-0.2, -0.15) is 12.6 Å². The standard InChI is InChI=1S/C17H23N3O3S/c1-11(2)14(15(21)18-8-9-24)20-16(22)13(19-17(20)23)10-12-6-4-3-5-7-12/h3-7,11,14,22,24H,8-10H2,1-2H3,(H,18,21)(H,19,23)/t14-/m0/s1. The number of benzene rings is 1. The van der Waals surface area contributed by atoms with Gasteiger partial charge >= 0.3 is 5.69 Å². The normalized spacial score (nSPS) is 12.3. The van der Waals surface area contributed by atoms with Crippen LogP contribution in [0.15, 0.2) is 35.1 Å². The highest BCUT2D eigenvalue weighted by atomic mass is 32.1. The lowest BCUT2D eigenvalue weighted by Crippen LogP contribution is -2.39. The highest BCUT2D eigenvalue weighted by Gasteiger charge is 2.29. The topological polar surface area (TPSA) is 87.1 Å². The van der Waals surface area contributed by atoms with E-state index in [1.165, 1.54) is 0 Å². The minimum Gasteiger partial charge on any atom is -0.493 e. The van der Waals surface area contributed by atoms with Gasteiger partial charge in [-0.25, -0.2) is 4.79 Å². The smallest absolute Gasteiger partial charge is 0.329 e. The summed E-state index contributed by atoms with van der Waals surface area (Å²) >= 11 is 4.06. The molecule has 1 aromatic carbocycles. The van der Waals surface area contributed by atoms with E-state index in [-0.39, 0.29) is 17.7 Å². The van der Waals surface area contributed by atoms with Crippen LogP contribution in [-0.4, -0.2) is 32.9 Å². The van der Waals surface area contributed by atoms with Gasteiger partial charge in [-0.3, -0.25) is 9.36 Å². The Labute approximate surface area is 146 Å². The molecule has 3 N–H and O–H groups in total. The highest BCUT2D eigenvalue weighted by Crippen LogP contribution is 2.25. The number of imidazole rings is 1. The first-order chi connectivity index (χ1) is 11.5. The van der Waals surface area contributed by atoms with Crippen LogP contribution in [0.4, 0.5) is 0 Å². The third-order valence-corrected chi connectivity index (χ3v) is 4.01. The zero-order valence-electron chi connectivity index (χ0n) is 13.8. The first-order valence-corrected chi connectivity index (χ1v) is 8.53. The Morgan fingerprint density at radius 1 is 1.33 bits per heavy atom. The summed E-state index contributed by atoms with van der Waals surface area (Å²) in [5, 5.41) is 13.2. The van der Waals surface area contributed by atoms with Crippen molar-refractivity contribution >= 4 is 18.5 Å². The predicted molar refractivity (Wildman–Crippen MR) is 96.7 cm³/mol. The van der Waals surface area contributed by atoms with E-state index in [1.54, 1.807) is 0 Å². The summed E-state index contributed by atoms with van der Waals surface area (Å²) in [6.45, 7) is 4.07. The third-order valence-electron chi connectivity index (χ3n) is 3.79. The maximum Gasteiger partial charge on any atom is 0.329 e. The SMILES string of the molecule is CC(C)[C@@H](C(=O)NCCS)n1c(O)c(Cc2ccccc2)[nH]c1=O. The fourth-order valence-corrected chi connectivity index (χ4v) is 2.78. The Kier molecular flexibility index (Phi) is 6.14. The zero-order chi connectivity index (χ0) is 17.7. The summed E-state index contributed by atoms with van der Waals surface area (Å²) in [6.07, 6.45) is 0.387. The fraction of sp³-hybridized carbons (Fsp3) is 0.412. The maximum absolute atomic E-state index is 12.4. The maximum atomic E-state index is 12.4. The van der Waals surface area contributed by atoms with Crippen molar-refractivity contribution in [3.8, 4) is 5.88 Å². The highest BCUT2D eigenvalue weighted by molar-refractivity contribution is 7.80. The van der Waals surface area contributed by atoms with Crippen molar-refractivity contribution in [3.05, 3.63) is 52.1 Å². The average Bonchev–Trinajstić information content (AvgIpc) is 2.81. The molecule has 2 rings (SSSR count). The molecule has 1 amide bonds. The molecule has 130 valence electrons. The van der Waals surface area contributed by atoms with Gasteiger partial charge in [-0.05, 0) is 11.5 Å². The number of carbonyl (C=O) groups excluding carboxylic acids is 1. The molecule has 0 unspecified atom stereocenters. The van der Waals surface area contributed by atoms with Crippen molar-refractivity contribution < 1.29 is 9.90 Å². The van der Waals surface area contributed by atoms with Gasteiger partial charge in [0.05, 0.1) is 5.69 Å². The lowest BCUT2D eigenvalue weighted by Gasteiger charge is -2.21. The number of carbonyl (C=O) groups is 1. The van der Waals surface area contributed by atoms with Crippen molar-refractivity contribution in [1.82, 2.24) is 14.9 Å². The lowest BCUT2D eigenvalue weighted by molar-refractivity contribution is -0.125. The van der Waals surface area contributed by atoms with Gasteiger partial charge in [0.25, 0.3) is 0 Å². The van der Waals surface area contributed by atoms with Gasteiger partial charge in [-0.15, -0.1) is 0 Å². The van der Waals surface area contributed by atoms with E-state index in [2.05, 4.69) is 22.9 Å². The molecule has 0 aliphatic carbocycles. The number of amides is 1. The predicted octanol–water partition coefficient (Wildman–Crippen LogP) is 1.72. The van der Waals surface area contributed by atoms with E-state index < -0.39 is 11.7 Å². The molecule has 0 spiro atoms.